The first-order chi connectivity index (χ1) is 8.38. The second-order valence-corrected chi connectivity index (χ2v) is 5.24. The molecule has 1 aliphatic heterocycles. The summed E-state index contributed by atoms with van der Waals surface area (Å²) in [5.74, 6) is 0. The Morgan fingerprint density at radius 1 is 1.28 bits per heavy atom. The number of hydrogen-bond donors (Lipinski definition) is 1. The summed E-state index contributed by atoms with van der Waals surface area (Å²) in [4.78, 5) is 2.45. The van der Waals surface area contributed by atoms with Gasteiger partial charge in [-0.2, -0.15) is 0 Å². The van der Waals surface area contributed by atoms with E-state index in [0.29, 0.717) is 0 Å². The van der Waals surface area contributed by atoms with Crippen LogP contribution in [-0.2, 0) is 0 Å². The summed E-state index contributed by atoms with van der Waals surface area (Å²) in [5.41, 5.74) is 1.34. The summed E-state index contributed by atoms with van der Waals surface area (Å²) < 4.78 is 6.63. The van der Waals surface area contributed by atoms with Crippen molar-refractivity contribution >= 4 is 39.5 Å². The highest BCUT2D eigenvalue weighted by atomic mass is 35.5. The lowest BCUT2D eigenvalue weighted by atomic mass is 10.2. The summed E-state index contributed by atoms with van der Waals surface area (Å²) in [7, 11) is 1.73. The number of nitrogens with zero attached hydrogens (tertiary/aromatic N) is 1. The van der Waals surface area contributed by atoms with Gasteiger partial charge in [-0.25, -0.2) is 0 Å². The highest BCUT2D eigenvalue weighted by Crippen LogP contribution is 2.37. The third-order valence-corrected chi connectivity index (χ3v) is 4.24. The number of fused-ring (bicyclic) bond motifs is 1. The maximum Gasteiger partial charge on any atom is 0.174 e. The Kier molecular flexibility index (Phi) is 4.32. The van der Waals surface area contributed by atoms with E-state index in [0.717, 1.165) is 31.2 Å². The number of anilines is 1. The van der Waals surface area contributed by atoms with Crippen LogP contribution in [0.1, 0.15) is 0 Å². The molecule has 0 radical (unpaired) electrons. The number of nitrogens with one attached hydrogen (secondary N) is 1. The van der Waals surface area contributed by atoms with Crippen molar-refractivity contribution in [1.82, 2.24) is 5.32 Å². The van der Waals surface area contributed by atoms with Crippen molar-refractivity contribution in [2.45, 2.75) is 0 Å². The van der Waals surface area contributed by atoms with Gasteiger partial charge in [0, 0.05) is 48.0 Å². The topological polar surface area (TPSA) is 24.5 Å². The lowest BCUT2D eigenvalue weighted by Crippen LogP contribution is -2.43. The summed E-state index contributed by atoms with van der Waals surface area (Å²) >= 11 is 1.71. The molecule has 0 aliphatic carbocycles. The maximum atomic E-state index is 5.33. The van der Waals surface area contributed by atoms with Gasteiger partial charge in [-0.15, -0.1) is 12.4 Å². The Morgan fingerprint density at radius 3 is 2.78 bits per heavy atom. The fraction of sp³-hybridized carbons (Fsp3) is 0.385. The zero-order valence-corrected chi connectivity index (χ0v) is 11.9. The van der Waals surface area contributed by atoms with Crippen LogP contribution in [0.5, 0.6) is 5.06 Å². The Labute approximate surface area is 117 Å². The number of methoxy groups -OCH3 is 1. The zero-order valence-electron chi connectivity index (χ0n) is 10.3. The summed E-state index contributed by atoms with van der Waals surface area (Å²) in [6.45, 7) is 4.30. The van der Waals surface area contributed by atoms with Crippen molar-refractivity contribution in [2.75, 3.05) is 38.2 Å². The molecule has 0 spiro atoms. The number of hydrogen-bond acceptors (Lipinski definition) is 4. The molecule has 1 aliphatic rings. The van der Waals surface area contributed by atoms with Crippen LogP contribution >= 0.6 is 23.7 Å². The monoisotopic (exact) mass is 284 g/mol. The van der Waals surface area contributed by atoms with Gasteiger partial charge in [-0.1, -0.05) is 17.4 Å². The van der Waals surface area contributed by atoms with E-state index in [1.54, 1.807) is 18.4 Å². The molecule has 18 heavy (non-hydrogen) atoms. The first-order valence-corrected chi connectivity index (χ1v) is 6.72. The zero-order chi connectivity index (χ0) is 11.7. The molecular weight excluding hydrogens is 268 g/mol. The van der Waals surface area contributed by atoms with E-state index in [4.69, 9.17) is 4.74 Å². The lowest BCUT2D eigenvalue weighted by Gasteiger charge is -2.30. The number of ether oxygens (including phenoxy) is 1. The van der Waals surface area contributed by atoms with Crippen molar-refractivity contribution < 1.29 is 4.74 Å². The third kappa shape index (κ3) is 2.41. The molecule has 1 saturated heterocycles. The number of rotatable bonds is 2. The van der Waals surface area contributed by atoms with E-state index in [1.807, 2.05) is 0 Å². The quantitative estimate of drug-likeness (QED) is 0.918. The maximum absolute atomic E-state index is 5.33. The van der Waals surface area contributed by atoms with Crippen LogP contribution in [0.4, 0.5) is 5.69 Å². The number of benzene rings is 1. The van der Waals surface area contributed by atoms with Crippen molar-refractivity contribution in [1.29, 1.82) is 0 Å². The van der Waals surface area contributed by atoms with Crippen LogP contribution in [-0.4, -0.2) is 33.3 Å². The third-order valence-electron chi connectivity index (χ3n) is 3.17. The molecule has 3 nitrogen and oxygen atoms in total. The Hall–Kier alpha value is -0.970. The predicted molar refractivity (Wildman–Crippen MR) is 80.7 cm³/mol. The van der Waals surface area contributed by atoms with Crippen LogP contribution in [0.15, 0.2) is 24.3 Å². The molecule has 2 aromatic rings. The minimum atomic E-state index is 0. The Balaban J connectivity index is 0.00000120. The Morgan fingerprint density at radius 2 is 2.06 bits per heavy atom. The number of piperazine rings is 1. The van der Waals surface area contributed by atoms with Crippen molar-refractivity contribution in [3.63, 3.8) is 0 Å². The summed E-state index contributed by atoms with van der Waals surface area (Å²) in [6, 6.07) is 8.65. The van der Waals surface area contributed by atoms with Crippen LogP contribution < -0.4 is 15.0 Å². The summed E-state index contributed by atoms with van der Waals surface area (Å²) in [5, 5.41) is 5.69. The van der Waals surface area contributed by atoms with E-state index >= 15 is 0 Å². The lowest BCUT2D eigenvalue weighted by molar-refractivity contribution is 0.427. The van der Waals surface area contributed by atoms with E-state index in [1.165, 1.54) is 15.8 Å². The van der Waals surface area contributed by atoms with Gasteiger partial charge in [0.2, 0.25) is 0 Å². The highest BCUT2D eigenvalue weighted by Gasteiger charge is 2.14. The molecule has 1 aromatic carbocycles. The standard InChI is InChI=1S/C13H16N2OS.ClH/c1-16-13-9-10-11(3-2-4-12(10)17-13)15-7-5-14-6-8-15;/h2-4,9,14H,5-8H2,1H3;1H. The van der Waals surface area contributed by atoms with Crippen molar-refractivity contribution in [2.24, 2.45) is 0 Å². The SMILES string of the molecule is COc1cc2c(N3CCNCC3)cccc2s1.Cl. The van der Waals surface area contributed by atoms with Gasteiger partial charge in [0.1, 0.15) is 0 Å². The molecule has 0 saturated carbocycles. The van der Waals surface area contributed by atoms with Crippen LogP contribution in [0.25, 0.3) is 10.1 Å². The van der Waals surface area contributed by atoms with Crippen LogP contribution in [0.3, 0.4) is 0 Å². The molecule has 0 unspecified atom stereocenters. The van der Waals surface area contributed by atoms with E-state index in [2.05, 4.69) is 34.5 Å². The van der Waals surface area contributed by atoms with Gasteiger partial charge in [0.05, 0.1) is 7.11 Å². The first kappa shape index (κ1) is 13.5. The van der Waals surface area contributed by atoms with Crippen LogP contribution in [0.2, 0.25) is 0 Å². The normalized spacial score (nSPS) is 15.5. The number of halogens is 1. The Bertz CT molecular complexity index is 523. The van der Waals surface area contributed by atoms with E-state index in [9.17, 15) is 0 Å². The first-order valence-electron chi connectivity index (χ1n) is 5.91. The molecule has 2 heterocycles. The average molecular weight is 285 g/mol. The van der Waals surface area contributed by atoms with Gasteiger partial charge in [0.15, 0.2) is 5.06 Å². The fourth-order valence-electron chi connectivity index (χ4n) is 2.30. The molecule has 1 fully saturated rings. The van der Waals surface area contributed by atoms with Gasteiger partial charge in [-0.05, 0) is 12.1 Å². The average Bonchev–Trinajstić information content (AvgIpc) is 2.82. The predicted octanol–water partition coefficient (Wildman–Crippen LogP) is 2.74. The second-order valence-electron chi connectivity index (χ2n) is 4.20. The molecule has 1 N–H and O–H groups in total. The molecule has 0 atom stereocenters. The molecule has 0 bridgehead atoms. The van der Waals surface area contributed by atoms with Gasteiger partial charge in [-0.3, -0.25) is 0 Å². The summed E-state index contributed by atoms with van der Waals surface area (Å²) in [6.07, 6.45) is 0. The van der Waals surface area contributed by atoms with Gasteiger partial charge < -0.3 is 15.0 Å². The molecule has 0 amide bonds. The van der Waals surface area contributed by atoms with E-state index < -0.39 is 0 Å². The molecule has 5 heteroatoms. The van der Waals surface area contributed by atoms with Crippen molar-refractivity contribution in [3.8, 4) is 5.06 Å². The largest absolute Gasteiger partial charge is 0.487 e. The minimum Gasteiger partial charge on any atom is -0.487 e. The molecule has 98 valence electrons. The van der Waals surface area contributed by atoms with Crippen molar-refractivity contribution in [3.05, 3.63) is 24.3 Å². The van der Waals surface area contributed by atoms with E-state index in [-0.39, 0.29) is 12.4 Å². The van der Waals surface area contributed by atoms with Crippen LogP contribution in [0, 0.1) is 0 Å². The minimum absolute atomic E-state index is 0. The smallest absolute Gasteiger partial charge is 0.174 e. The second kappa shape index (κ2) is 5.78. The fourth-order valence-corrected chi connectivity index (χ4v) is 3.20. The van der Waals surface area contributed by atoms with Gasteiger partial charge in [0.25, 0.3) is 0 Å². The molecule has 3 rings (SSSR count). The molecule has 1 aromatic heterocycles. The highest BCUT2D eigenvalue weighted by molar-refractivity contribution is 7.20. The molecular formula is C13H17ClN2OS. The van der Waals surface area contributed by atoms with Gasteiger partial charge >= 0.3 is 0 Å². The number of thiophene rings is 1.